The van der Waals surface area contributed by atoms with Crippen molar-refractivity contribution in [3.8, 4) is 0 Å². The van der Waals surface area contributed by atoms with Gasteiger partial charge in [0.05, 0.1) is 0 Å². The average Bonchev–Trinajstić information content (AvgIpc) is 1.61. The summed E-state index contributed by atoms with van der Waals surface area (Å²) < 4.78 is 0. The first-order chi connectivity index (χ1) is 3.27. The van der Waals surface area contributed by atoms with E-state index in [1.54, 1.807) is 0 Å². The Morgan fingerprint density at radius 2 is 2.43 bits per heavy atom. The first-order valence-corrected chi connectivity index (χ1v) is 2.12. The molecule has 0 bridgehead atoms. The molecule has 0 aliphatic carbocycles. The van der Waals surface area contributed by atoms with Crippen molar-refractivity contribution in [1.82, 2.24) is 10.9 Å². The van der Waals surface area contributed by atoms with Crippen LogP contribution in [-0.2, 0) is 4.79 Å². The molecule has 0 rings (SSSR count). The van der Waals surface area contributed by atoms with E-state index < -0.39 is 0 Å². The largest absolute Gasteiger partial charge is 0.292 e. The minimum absolute atomic E-state index is 0.304. The van der Waals surface area contributed by atoms with E-state index in [-0.39, 0.29) is 5.91 Å². The maximum atomic E-state index is 9.92. The zero-order valence-corrected chi connectivity index (χ0v) is 4.32. The van der Waals surface area contributed by atoms with Gasteiger partial charge < -0.3 is 0 Å². The van der Waals surface area contributed by atoms with Crippen molar-refractivity contribution >= 4 is 5.91 Å². The Kier molecular flexibility index (Phi) is 3.32. The minimum Gasteiger partial charge on any atom is -0.292 e. The Morgan fingerprint density at radius 1 is 1.86 bits per heavy atom. The molecule has 0 unspecified atom stereocenters. The molecule has 0 aliphatic heterocycles. The Hall–Kier alpha value is -0.570. The van der Waals surface area contributed by atoms with Crippen LogP contribution in [-0.4, -0.2) is 12.5 Å². The number of carbonyl (C=O) groups is 1. The van der Waals surface area contributed by atoms with Crippen LogP contribution in [0.25, 0.3) is 0 Å². The molecule has 0 aromatic rings. The second-order valence-electron chi connectivity index (χ2n) is 1.08. The lowest BCUT2D eigenvalue weighted by Gasteiger charge is -1.96. The van der Waals surface area contributed by atoms with Crippen LogP contribution in [0.2, 0.25) is 0 Å². The summed E-state index contributed by atoms with van der Waals surface area (Å²) in [5, 5.41) is 0. The first kappa shape index (κ1) is 6.43. The van der Waals surface area contributed by atoms with Crippen molar-refractivity contribution in [2.75, 3.05) is 6.54 Å². The van der Waals surface area contributed by atoms with Crippen LogP contribution in [0.3, 0.4) is 0 Å². The monoisotopic (exact) mass is 101 g/mol. The van der Waals surface area contributed by atoms with Crippen molar-refractivity contribution in [1.29, 1.82) is 0 Å². The number of hydrazine groups is 1. The van der Waals surface area contributed by atoms with Gasteiger partial charge in [-0.1, -0.05) is 6.92 Å². The highest BCUT2D eigenvalue weighted by Crippen LogP contribution is 1.49. The summed E-state index contributed by atoms with van der Waals surface area (Å²) in [6.07, 6.45) is 0. The molecule has 0 aromatic carbocycles. The maximum absolute atomic E-state index is 9.92. The Bertz CT molecular complexity index is 62.7. The summed E-state index contributed by atoms with van der Waals surface area (Å²) in [6, 6.07) is 0. The van der Waals surface area contributed by atoms with Gasteiger partial charge in [-0.3, -0.25) is 10.2 Å². The third-order valence-corrected chi connectivity index (χ3v) is 0.405. The van der Waals surface area contributed by atoms with E-state index in [2.05, 4.69) is 17.8 Å². The van der Waals surface area contributed by atoms with Crippen LogP contribution in [0.15, 0.2) is 0 Å². The van der Waals surface area contributed by atoms with Gasteiger partial charge in [-0.2, -0.15) is 0 Å². The van der Waals surface area contributed by atoms with E-state index >= 15 is 0 Å². The quantitative estimate of drug-likeness (QED) is 0.459. The summed E-state index contributed by atoms with van der Waals surface area (Å²) in [6.45, 7) is 5.67. The van der Waals surface area contributed by atoms with Gasteiger partial charge >= 0.3 is 0 Å². The van der Waals surface area contributed by atoms with E-state index in [1.807, 2.05) is 6.92 Å². The summed E-state index contributed by atoms with van der Waals surface area (Å²) >= 11 is 0. The van der Waals surface area contributed by atoms with Crippen LogP contribution in [0, 0.1) is 6.92 Å². The normalized spacial score (nSPS) is 8.29. The molecule has 0 aliphatic rings. The molecule has 7 heavy (non-hydrogen) atoms. The predicted octanol–water partition coefficient (Wildman–Crippen LogP) is -0.539. The lowest BCUT2D eigenvalue weighted by Crippen LogP contribution is -2.35. The van der Waals surface area contributed by atoms with Gasteiger partial charge in [-0.05, 0) is 0 Å². The smallest absolute Gasteiger partial charge is 0.234 e. The number of carbonyl (C=O) groups excluding carboxylic acids is 1. The van der Waals surface area contributed by atoms with Crippen LogP contribution >= 0.6 is 0 Å². The average molecular weight is 101 g/mol. The summed E-state index contributed by atoms with van der Waals surface area (Å²) in [4.78, 5) is 9.92. The summed E-state index contributed by atoms with van der Waals surface area (Å²) in [5.41, 5.74) is 4.88. The molecule has 41 valence electrons. The zero-order chi connectivity index (χ0) is 5.70. The van der Waals surface area contributed by atoms with Crippen LogP contribution in [0.1, 0.15) is 6.92 Å². The number of hydrogen-bond acceptors (Lipinski definition) is 2. The molecular weight excluding hydrogens is 92.1 g/mol. The fraction of sp³-hybridized carbons (Fsp3) is 0.500. The lowest BCUT2D eigenvalue weighted by molar-refractivity contribution is -0.117. The van der Waals surface area contributed by atoms with Gasteiger partial charge in [0.2, 0.25) is 5.91 Å². The summed E-state index contributed by atoms with van der Waals surface area (Å²) in [7, 11) is 0. The van der Waals surface area contributed by atoms with Gasteiger partial charge in [0.15, 0.2) is 0 Å². The minimum atomic E-state index is -0.304. The van der Waals surface area contributed by atoms with Crippen molar-refractivity contribution in [3.05, 3.63) is 6.92 Å². The van der Waals surface area contributed by atoms with Gasteiger partial charge in [-0.15, -0.1) is 0 Å². The fourth-order valence-electron chi connectivity index (χ4n) is 0.187. The lowest BCUT2D eigenvalue weighted by atomic mass is 10.7. The van der Waals surface area contributed by atoms with Crippen molar-refractivity contribution in [2.24, 2.45) is 0 Å². The van der Waals surface area contributed by atoms with Crippen LogP contribution in [0.5, 0.6) is 0 Å². The first-order valence-electron chi connectivity index (χ1n) is 2.12. The molecule has 1 radical (unpaired) electrons. The molecular formula is C4H9N2O. The second kappa shape index (κ2) is 3.61. The van der Waals surface area contributed by atoms with Crippen LogP contribution in [0.4, 0.5) is 0 Å². The molecule has 0 atom stereocenters. The van der Waals surface area contributed by atoms with Gasteiger partial charge in [0, 0.05) is 13.5 Å². The molecule has 0 saturated heterocycles. The molecule has 3 heteroatoms. The van der Waals surface area contributed by atoms with Crippen molar-refractivity contribution in [2.45, 2.75) is 6.92 Å². The SMILES string of the molecule is [CH2]C(=O)NNCC. The Balaban J connectivity index is 2.82. The number of nitrogens with one attached hydrogen (secondary N) is 2. The van der Waals surface area contributed by atoms with Crippen LogP contribution < -0.4 is 10.9 Å². The fourth-order valence-corrected chi connectivity index (χ4v) is 0.187. The second-order valence-corrected chi connectivity index (χ2v) is 1.08. The third-order valence-electron chi connectivity index (χ3n) is 0.405. The van der Waals surface area contributed by atoms with E-state index in [4.69, 9.17) is 0 Å². The molecule has 3 nitrogen and oxygen atoms in total. The predicted molar refractivity (Wildman–Crippen MR) is 27.2 cm³/mol. The highest BCUT2D eigenvalue weighted by molar-refractivity contribution is 5.79. The number of amides is 1. The zero-order valence-electron chi connectivity index (χ0n) is 4.32. The number of rotatable bonds is 2. The van der Waals surface area contributed by atoms with E-state index in [0.29, 0.717) is 0 Å². The van der Waals surface area contributed by atoms with Gasteiger partial charge in [0.25, 0.3) is 0 Å². The molecule has 0 spiro atoms. The molecule has 0 heterocycles. The van der Waals surface area contributed by atoms with Gasteiger partial charge in [-0.25, -0.2) is 5.43 Å². The molecule has 0 aromatic heterocycles. The standard InChI is InChI=1S/C4H9N2O/c1-3-5-6-4(2)7/h5H,2-3H2,1H3,(H,6,7). The van der Waals surface area contributed by atoms with E-state index in [0.717, 1.165) is 6.54 Å². The molecule has 0 saturated carbocycles. The topological polar surface area (TPSA) is 41.1 Å². The van der Waals surface area contributed by atoms with Crippen molar-refractivity contribution < 1.29 is 4.79 Å². The van der Waals surface area contributed by atoms with Crippen molar-refractivity contribution in [3.63, 3.8) is 0 Å². The molecule has 1 amide bonds. The van der Waals surface area contributed by atoms with E-state index in [9.17, 15) is 4.79 Å². The van der Waals surface area contributed by atoms with E-state index in [1.165, 1.54) is 0 Å². The molecule has 0 fully saturated rings. The highest BCUT2D eigenvalue weighted by atomic mass is 16.2. The Morgan fingerprint density at radius 3 is 2.57 bits per heavy atom. The Labute approximate surface area is 43.1 Å². The number of hydrogen-bond donors (Lipinski definition) is 2. The molecule has 2 N–H and O–H groups in total. The summed E-state index contributed by atoms with van der Waals surface area (Å²) in [5.74, 6) is -0.304. The highest BCUT2D eigenvalue weighted by Gasteiger charge is 1.81. The van der Waals surface area contributed by atoms with Gasteiger partial charge in [0.1, 0.15) is 0 Å². The maximum Gasteiger partial charge on any atom is 0.234 e. The third kappa shape index (κ3) is 5.43.